The summed E-state index contributed by atoms with van der Waals surface area (Å²) >= 11 is 0. The Morgan fingerprint density at radius 2 is 2.23 bits per heavy atom. The van der Waals surface area contributed by atoms with Crippen LogP contribution >= 0.6 is 0 Å². The van der Waals surface area contributed by atoms with Gasteiger partial charge in [-0.25, -0.2) is 4.79 Å². The van der Waals surface area contributed by atoms with Gasteiger partial charge in [-0.1, -0.05) is 0 Å². The lowest BCUT2D eigenvalue weighted by Gasteiger charge is -2.29. The van der Waals surface area contributed by atoms with Crippen molar-refractivity contribution in [2.24, 2.45) is 5.92 Å². The van der Waals surface area contributed by atoms with Crippen molar-refractivity contribution < 1.29 is 19.1 Å². The van der Waals surface area contributed by atoms with E-state index in [4.69, 9.17) is 9.47 Å². The first kappa shape index (κ1) is 14.4. The van der Waals surface area contributed by atoms with Crippen LogP contribution in [-0.2, 0) is 22.4 Å². The molecule has 1 heterocycles. The number of carbonyl (C=O) groups excluding carboxylic acids is 2. The molecule has 6 nitrogen and oxygen atoms in total. The lowest BCUT2D eigenvalue weighted by atomic mass is 10.0. The van der Waals surface area contributed by atoms with Crippen LogP contribution in [0, 0.1) is 17.2 Å². The Kier molecular flexibility index (Phi) is 3.96. The Hall–Kier alpha value is -2.55. The number of carbonyl (C=O) groups is 2. The van der Waals surface area contributed by atoms with Crippen LogP contribution in [0.2, 0.25) is 0 Å². The van der Waals surface area contributed by atoms with Gasteiger partial charge in [-0.05, 0) is 42.5 Å². The highest BCUT2D eigenvalue weighted by atomic mass is 16.7. The molecule has 3 rings (SSSR count). The summed E-state index contributed by atoms with van der Waals surface area (Å²) in [6.45, 7) is 1.27. The van der Waals surface area contributed by atoms with Crippen molar-refractivity contribution in [2.45, 2.75) is 19.3 Å². The summed E-state index contributed by atoms with van der Waals surface area (Å²) in [5, 5.41) is 9.23. The monoisotopic (exact) mass is 300 g/mol. The van der Waals surface area contributed by atoms with E-state index in [0.717, 1.165) is 36.9 Å². The third kappa shape index (κ3) is 2.75. The van der Waals surface area contributed by atoms with Crippen molar-refractivity contribution in [2.75, 3.05) is 19.9 Å². The molecule has 0 N–H and O–H groups in total. The zero-order chi connectivity index (χ0) is 15.5. The van der Waals surface area contributed by atoms with Gasteiger partial charge in [0.2, 0.25) is 6.79 Å². The van der Waals surface area contributed by atoms with E-state index in [2.05, 4.69) is 6.07 Å². The van der Waals surface area contributed by atoms with Crippen LogP contribution in [0.15, 0.2) is 12.1 Å². The molecule has 1 aliphatic heterocycles. The molecule has 22 heavy (non-hydrogen) atoms. The Labute approximate surface area is 128 Å². The van der Waals surface area contributed by atoms with Gasteiger partial charge in [-0.3, -0.25) is 0 Å². The number of hydrogen-bond acceptors (Lipinski definition) is 5. The van der Waals surface area contributed by atoms with E-state index < -0.39 is 0 Å². The second kappa shape index (κ2) is 6.06. The second-order valence-corrected chi connectivity index (χ2v) is 5.54. The Morgan fingerprint density at radius 1 is 1.41 bits per heavy atom. The highest BCUT2D eigenvalue weighted by Gasteiger charge is 2.25. The largest absolute Gasteiger partial charge is 0.457 e. The summed E-state index contributed by atoms with van der Waals surface area (Å²) < 4.78 is 10.4. The van der Waals surface area contributed by atoms with E-state index in [1.165, 1.54) is 0 Å². The molecule has 0 saturated carbocycles. The van der Waals surface area contributed by atoms with E-state index in [1.54, 1.807) is 11.0 Å². The van der Waals surface area contributed by atoms with Gasteiger partial charge < -0.3 is 19.2 Å². The third-order valence-electron chi connectivity index (χ3n) is 4.10. The van der Waals surface area contributed by atoms with Crippen LogP contribution in [0.4, 0.5) is 4.79 Å². The first-order chi connectivity index (χ1) is 10.7. The minimum Gasteiger partial charge on any atom is -0.457 e. The lowest BCUT2D eigenvalue weighted by molar-refractivity contribution is -0.110. The Bertz CT molecular complexity index is 646. The lowest BCUT2D eigenvalue weighted by Crippen LogP contribution is -2.42. The first-order valence-corrected chi connectivity index (χ1v) is 7.27. The van der Waals surface area contributed by atoms with Gasteiger partial charge in [0, 0.05) is 19.0 Å². The van der Waals surface area contributed by atoms with Crippen molar-refractivity contribution in [3.63, 3.8) is 0 Å². The average molecular weight is 300 g/mol. The zero-order valence-corrected chi connectivity index (χ0v) is 12.1. The molecule has 1 amide bonds. The van der Waals surface area contributed by atoms with E-state index >= 15 is 0 Å². The van der Waals surface area contributed by atoms with Crippen molar-refractivity contribution in [3.8, 4) is 11.8 Å². The molecule has 6 heteroatoms. The van der Waals surface area contributed by atoms with E-state index in [-0.39, 0.29) is 18.8 Å². The number of rotatable bonds is 4. The standard InChI is InChI=1S/C16H16N2O4/c17-8-13-7-14(6-12-4-11(9-19)5-15(12)13)21-10-22-16(20)18-2-1-3-18/h6-7,9,11H,1-5,10H2. The molecule has 114 valence electrons. The summed E-state index contributed by atoms with van der Waals surface area (Å²) in [4.78, 5) is 24.1. The minimum absolute atomic E-state index is 0.0680. The Balaban J connectivity index is 1.64. The second-order valence-electron chi connectivity index (χ2n) is 5.54. The zero-order valence-electron chi connectivity index (χ0n) is 12.1. The summed E-state index contributed by atoms with van der Waals surface area (Å²) in [7, 11) is 0. The number of ether oxygens (including phenoxy) is 2. The van der Waals surface area contributed by atoms with E-state index in [0.29, 0.717) is 24.2 Å². The summed E-state index contributed by atoms with van der Waals surface area (Å²) in [5.74, 6) is 0.417. The molecule has 2 aliphatic rings. The number of aldehydes is 1. The van der Waals surface area contributed by atoms with Gasteiger partial charge in [-0.15, -0.1) is 0 Å². The predicted molar refractivity (Wildman–Crippen MR) is 76.3 cm³/mol. The summed E-state index contributed by atoms with van der Waals surface area (Å²) in [6, 6.07) is 5.58. The van der Waals surface area contributed by atoms with Gasteiger partial charge in [-0.2, -0.15) is 5.26 Å². The van der Waals surface area contributed by atoms with Crippen molar-refractivity contribution in [1.82, 2.24) is 4.90 Å². The fourth-order valence-corrected chi connectivity index (χ4v) is 2.76. The van der Waals surface area contributed by atoms with Gasteiger partial charge in [0.05, 0.1) is 11.6 Å². The maximum atomic E-state index is 11.5. The van der Waals surface area contributed by atoms with Gasteiger partial charge in [0.15, 0.2) is 0 Å². The topological polar surface area (TPSA) is 79.6 Å². The molecular weight excluding hydrogens is 284 g/mol. The highest BCUT2D eigenvalue weighted by Crippen LogP contribution is 2.32. The van der Waals surface area contributed by atoms with Crippen molar-refractivity contribution in [3.05, 3.63) is 28.8 Å². The molecule has 0 bridgehead atoms. The van der Waals surface area contributed by atoms with Crippen molar-refractivity contribution >= 4 is 12.4 Å². The SMILES string of the molecule is N#Cc1cc(OCOC(=O)N2CCC2)cc2c1CC(C=O)C2. The number of nitriles is 1. The molecule has 1 fully saturated rings. The number of benzene rings is 1. The average Bonchev–Trinajstić information content (AvgIpc) is 2.87. The van der Waals surface area contributed by atoms with Crippen LogP contribution in [0.1, 0.15) is 23.1 Å². The number of fused-ring (bicyclic) bond motifs is 1. The summed E-state index contributed by atoms with van der Waals surface area (Å²) in [5.41, 5.74) is 2.40. The van der Waals surface area contributed by atoms with Crippen LogP contribution in [0.5, 0.6) is 5.75 Å². The molecule has 1 aromatic carbocycles. The smallest absolute Gasteiger partial charge is 0.412 e. The molecule has 0 radical (unpaired) electrons. The number of amides is 1. The quantitative estimate of drug-likeness (QED) is 0.624. The number of nitrogens with zero attached hydrogens (tertiary/aromatic N) is 2. The highest BCUT2D eigenvalue weighted by molar-refractivity contribution is 5.68. The molecule has 1 saturated heterocycles. The molecule has 0 aromatic heterocycles. The number of likely N-dealkylation sites (tertiary alicyclic amines) is 1. The molecule has 1 aliphatic carbocycles. The molecular formula is C16H16N2O4. The van der Waals surface area contributed by atoms with Crippen LogP contribution < -0.4 is 4.74 Å². The van der Waals surface area contributed by atoms with E-state index in [9.17, 15) is 14.9 Å². The fourth-order valence-electron chi connectivity index (χ4n) is 2.76. The van der Waals surface area contributed by atoms with Crippen LogP contribution in [-0.4, -0.2) is 37.2 Å². The normalized spacial score (nSPS) is 18.9. The molecule has 1 aromatic rings. The molecule has 1 atom stereocenters. The molecule has 1 unspecified atom stereocenters. The van der Waals surface area contributed by atoms with Gasteiger partial charge >= 0.3 is 6.09 Å². The van der Waals surface area contributed by atoms with Gasteiger partial charge in [0.1, 0.15) is 12.0 Å². The first-order valence-electron chi connectivity index (χ1n) is 7.27. The maximum absolute atomic E-state index is 11.5. The third-order valence-corrected chi connectivity index (χ3v) is 4.10. The minimum atomic E-state index is -0.381. The maximum Gasteiger partial charge on any atom is 0.412 e. The van der Waals surface area contributed by atoms with Crippen molar-refractivity contribution in [1.29, 1.82) is 5.26 Å². The Morgan fingerprint density at radius 3 is 2.86 bits per heavy atom. The molecule has 0 spiro atoms. The fraction of sp³-hybridized carbons (Fsp3) is 0.438. The van der Waals surface area contributed by atoms with Gasteiger partial charge in [0.25, 0.3) is 0 Å². The number of hydrogen-bond donors (Lipinski definition) is 0. The van der Waals surface area contributed by atoms with Crippen LogP contribution in [0.3, 0.4) is 0 Å². The predicted octanol–water partition coefficient (Wildman–Crippen LogP) is 1.65. The van der Waals surface area contributed by atoms with Crippen LogP contribution in [0.25, 0.3) is 0 Å². The summed E-state index contributed by atoms with van der Waals surface area (Å²) in [6.07, 6.45) is 2.78. The van der Waals surface area contributed by atoms with E-state index in [1.807, 2.05) is 6.07 Å².